The number of aromatic nitrogens is 2. The molecule has 0 saturated heterocycles. The molecular formula is C23H26N4O3S. The fourth-order valence-corrected chi connectivity index (χ4v) is 4.06. The second kappa shape index (κ2) is 10.2. The van der Waals surface area contributed by atoms with E-state index in [1.54, 1.807) is 12.1 Å². The number of nitrogens with zero attached hydrogens (tertiary/aromatic N) is 2. The maximum Gasteiger partial charge on any atom is 0.307 e. The summed E-state index contributed by atoms with van der Waals surface area (Å²) in [5.41, 5.74) is 3.48. The molecule has 8 heteroatoms. The van der Waals surface area contributed by atoms with Crippen LogP contribution in [0.4, 0.5) is 16.5 Å². The fourth-order valence-electron chi connectivity index (χ4n) is 3.20. The molecule has 2 heterocycles. The summed E-state index contributed by atoms with van der Waals surface area (Å²) in [6.45, 7) is 5.99. The normalized spacial score (nSPS) is 10.7. The second-order valence-electron chi connectivity index (χ2n) is 7.17. The molecule has 0 unspecified atom stereocenters. The number of thiophene rings is 1. The zero-order valence-electron chi connectivity index (χ0n) is 17.9. The van der Waals surface area contributed by atoms with E-state index in [-0.39, 0.29) is 12.3 Å². The van der Waals surface area contributed by atoms with Crippen LogP contribution in [0.1, 0.15) is 43.5 Å². The van der Waals surface area contributed by atoms with Crippen molar-refractivity contribution in [3.63, 3.8) is 0 Å². The Morgan fingerprint density at radius 2 is 1.81 bits per heavy atom. The Hall–Kier alpha value is -3.26. The number of rotatable bonds is 9. The van der Waals surface area contributed by atoms with Gasteiger partial charge in [0.05, 0.1) is 16.3 Å². The number of carboxylic acid groups (broad SMARTS) is 1. The molecule has 0 aliphatic heterocycles. The van der Waals surface area contributed by atoms with Gasteiger partial charge in [0, 0.05) is 23.4 Å². The van der Waals surface area contributed by atoms with Gasteiger partial charge < -0.3 is 15.7 Å². The van der Waals surface area contributed by atoms with Crippen molar-refractivity contribution in [1.82, 2.24) is 9.97 Å². The molecule has 1 aromatic carbocycles. The number of anilines is 3. The Kier molecular flexibility index (Phi) is 7.36. The van der Waals surface area contributed by atoms with E-state index in [0.29, 0.717) is 12.2 Å². The summed E-state index contributed by atoms with van der Waals surface area (Å²) < 4.78 is 0. The molecule has 7 nitrogen and oxygen atoms in total. The lowest BCUT2D eigenvalue weighted by Crippen LogP contribution is -2.09. The maximum atomic E-state index is 11.9. The molecule has 31 heavy (non-hydrogen) atoms. The van der Waals surface area contributed by atoms with Crippen LogP contribution in [-0.2, 0) is 22.4 Å². The summed E-state index contributed by atoms with van der Waals surface area (Å²) in [5, 5.41) is 16.0. The largest absolute Gasteiger partial charge is 0.481 e. The molecule has 162 valence electrons. The summed E-state index contributed by atoms with van der Waals surface area (Å²) in [5.74, 6) is 0.468. The quantitative estimate of drug-likeness (QED) is 0.425. The summed E-state index contributed by atoms with van der Waals surface area (Å²) in [7, 11) is 0. The molecule has 0 saturated carbocycles. The van der Waals surface area contributed by atoms with Gasteiger partial charge in [-0.1, -0.05) is 26.0 Å². The Morgan fingerprint density at radius 3 is 2.45 bits per heavy atom. The molecule has 0 aliphatic rings. The van der Waals surface area contributed by atoms with Crippen LogP contribution in [0.25, 0.3) is 10.7 Å². The smallest absolute Gasteiger partial charge is 0.307 e. The first-order valence-electron chi connectivity index (χ1n) is 10.2. The number of benzene rings is 1. The highest BCUT2D eigenvalue weighted by atomic mass is 32.1. The van der Waals surface area contributed by atoms with Crippen molar-refractivity contribution in [3.8, 4) is 10.7 Å². The van der Waals surface area contributed by atoms with Gasteiger partial charge in [-0.2, -0.15) is 0 Å². The van der Waals surface area contributed by atoms with Crippen molar-refractivity contribution in [2.75, 3.05) is 10.6 Å². The number of aliphatic carboxylic acids is 1. The van der Waals surface area contributed by atoms with E-state index < -0.39 is 5.97 Å². The maximum absolute atomic E-state index is 11.9. The second-order valence-corrected chi connectivity index (χ2v) is 8.25. The number of hydrogen-bond acceptors (Lipinski definition) is 6. The molecule has 0 bridgehead atoms. The van der Waals surface area contributed by atoms with E-state index in [2.05, 4.69) is 22.5 Å². The number of hydrogen-bond donors (Lipinski definition) is 3. The Balaban J connectivity index is 1.85. The monoisotopic (exact) mass is 438 g/mol. The topological polar surface area (TPSA) is 104 Å². The highest BCUT2D eigenvalue weighted by Gasteiger charge is 2.14. The molecule has 0 fully saturated rings. The van der Waals surface area contributed by atoms with Crippen molar-refractivity contribution >= 4 is 39.7 Å². The summed E-state index contributed by atoms with van der Waals surface area (Å²) in [4.78, 5) is 33.0. The lowest BCUT2D eigenvalue weighted by Gasteiger charge is -2.14. The van der Waals surface area contributed by atoms with Crippen LogP contribution in [0.15, 0.2) is 36.4 Å². The number of carbonyl (C=O) groups excluding carboxylic acids is 1. The molecule has 0 spiro atoms. The van der Waals surface area contributed by atoms with E-state index in [4.69, 9.17) is 10.1 Å². The number of carbonyl (C=O) groups is 2. The Labute approximate surface area is 185 Å². The van der Waals surface area contributed by atoms with E-state index >= 15 is 0 Å². The molecule has 3 N–H and O–H groups in total. The Bertz CT molecular complexity index is 1080. The third kappa shape index (κ3) is 5.88. The van der Waals surface area contributed by atoms with Crippen molar-refractivity contribution in [3.05, 3.63) is 53.2 Å². The number of aryl methyl sites for hydroxylation is 1. The third-order valence-electron chi connectivity index (χ3n) is 4.71. The van der Waals surface area contributed by atoms with Gasteiger partial charge in [0.1, 0.15) is 5.82 Å². The number of nitrogens with one attached hydrogen (secondary N) is 2. The minimum absolute atomic E-state index is 0.00281. The predicted octanol–water partition coefficient (Wildman–Crippen LogP) is 5.19. The van der Waals surface area contributed by atoms with Gasteiger partial charge in [-0.05, 0) is 49.6 Å². The minimum atomic E-state index is -0.855. The van der Waals surface area contributed by atoms with E-state index in [1.165, 1.54) is 11.3 Å². The first-order chi connectivity index (χ1) is 14.9. The summed E-state index contributed by atoms with van der Waals surface area (Å²) in [6.07, 6.45) is 2.06. The van der Waals surface area contributed by atoms with E-state index in [9.17, 15) is 9.59 Å². The lowest BCUT2D eigenvalue weighted by molar-refractivity contribution is -0.136. The van der Waals surface area contributed by atoms with Crippen LogP contribution in [0.5, 0.6) is 0 Å². The molecule has 0 aliphatic carbocycles. The average molecular weight is 439 g/mol. The van der Waals surface area contributed by atoms with Crippen LogP contribution < -0.4 is 10.6 Å². The zero-order chi connectivity index (χ0) is 22.4. The van der Waals surface area contributed by atoms with Crippen LogP contribution in [0, 0.1) is 6.92 Å². The van der Waals surface area contributed by atoms with Gasteiger partial charge in [0.15, 0.2) is 5.82 Å². The molecule has 3 rings (SSSR count). The van der Waals surface area contributed by atoms with Gasteiger partial charge >= 0.3 is 5.97 Å². The number of amides is 1. The Morgan fingerprint density at radius 1 is 1.06 bits per heavy atom. The van der Waals surface area contributed by atoms with Gasteiger partial charge in [0.25, 0.3) is 0 Å². The highest BCUT2D eigenvalue weighted by Crippen LogP contribution is 2.32. The fraction of sp³-hybridized carbons (Fsp3) is 0.304. The van der Waals surface area contributed by atoms with Gasteiger partial charge in [-0.15, -0.1) is 11.3 Å². The van der Waals surface area contributed by atoms with Crippen LogP contribution in [-0.4, -0.2) is 27.0 Å². The first-order valence-corrected chi connectivity index (χ1v) is 11.1. The van der Waals surface area contributed by atoms with Crippen LogP contribution in [0.2, 0.25) is 0 Å². The standard InChI is InChI=1S/C23H26N4O3S/c1-4-6-19(28)26-20-12-11-18(31-20)23-24-14(3)17(5-2)22(27-23)25-16-9-7-15(8-10-16)13-21(29)30/h7-12H,4-6,13H2,1-3H3,(H,26,28)(H,29,30)(H,24,25,27). The molecule has 0 atom stereocenters. The van der Waals surface area contributed by atoms with Crippen LogP contribution in [0.3, 0.4) is 0 Å². The SMILES string of the molecule is CCCC(=O)Nc1ccc(-c2nc(C)c(CC)c(Nc3ccc(CC(=O)O)cc3)n2)s1. The van der Waals surface area contributed by atoms with Gasteiger partial charge in [-0.25, -0.2) is 9.97 Å². The first kappa shape index (κ1) is 22.4. The van der Waals surface area contributed by atoms with Crippen molar-refractivity contribution in [2.45, 2.75) is 46.5 Å². The molecule has 3 aromatic rings. The van der Waals surface area contributed by atoms with Crippen molar-refractivity contribution in [1.29, 1.82) is 0 Å². The van der Waals surface area contributed by atoms with E-state index in [0.717, 1.165) is 51.0 Å². The minimum Gasteiger partial charge on any atom is -0.481 e. The van der Waals surface area contributed by atoms with Crippen LogP contribution >= 0.6 is 11.3 Å². The van der Waals surface area contributed by atoms with Gasteiger partial charge in [-0.3, -0.25) is 9.59 Å². The highest BCUT2D eigenvalue weighted by molar-refractivity contribution is 7.19. The lowest BCUT2D eigenvalue weighted by atomic mass is 10.1. The summed E-state index contributed by atoms with van der Waals surface area (Å²) in [6, 6.07) is 11.1. The third-order valence-corrected chi connectivity index (χ3v) is 5.70. The van der Waals surface area contributed by atoms with Crippen molar-refractivity contribution in [2.24, 2.45) is 0 Å². The molecular weight excluding hydrogens is 412 g/mol. The number of carboxylic acids is 1. The predicted molar refractivity (Wildman–Crippen MR) is 124 cm³/mol. The molecule has 0 radical (unpaired) electrons. The zero-order valence-corrected chi connectivity index (χ0v) is 18.7. The van der Waals surface area contributed by atoms with Crippen molar-refractivity contribution < 1.29 is 14.7 Å². The molecule has 1 amide bonds. The summed E-state index contributed by atoms with van der Waals surface area (Å²) >= 11 is 1.44. The average Bonchev–Trinajstić information content (AvgIpc) is 3.17. The molecule has 2 aromatic heterocycles. The van der Waals surface area contributed by atoms with E-state index in [1.807, 2.05) is 38.1 Å². The van der Waals surface area contributed by atoms with Gasteiger partial charge in [0.2, 0.25) is 5.91 Å².